The zero-order valence-electron chi connectivity index (χ0n) is 15.7. The third kappa shape index (κ3) is 2.75. The number of thiazole rings is 1. The number of aromatic hydroxyl groups is 1. The molecule has 29 heavy (non-hydrogen) atoms. The van der Waals surface area contributed by atoms with Crippen LogP contribution in [0.15, 0.2) is 36.1 Å². The molecule has 3 heterocycles. The molecule has 3 aromatic heterocycles. The Morgan fingerprint density at radius 2 is 2.10 bits per heavy atom. The summed E-state index contributed by atoms with van der Waals surface area (Å²) in [4.78, 5) is 21.2. The standard InChI is InChI=1S/C21H19N5O2S/c1-10-15(27)5-4-12(11-2-3-11)16(10)13-8-26-9-14(21-24-6-7-29-21)25-20(26)17(18(13)22)19(23)28/h4-9,11,27H,2-3,22H2,1H3,(H2,23,28). The van der Waals surface area contributed by atoms with Gasteiger partial charge in [-0.1, -0.05) is 6.07 Å². The molecule has 0 saturated heterocycles. The van der Waals surface area contributed by atoms with Gasteiger partial charge in [0.05, 0.1) is 5.69 Å². The van der Waals surface area contributed by atoms with E-state index in [2.05, 4.69) is 9.97 Å². The van der Waals surface area contributed by atoms with Crippen LogP contribution in [0.4, 0.5) is 5.69 Å². The van der Waals surface area contributed by atoms with E-state index >= 15 is 0 Å². The van der Waals surface area contributed by atoms with Crippen LogP contribution in [-0.4, -0.2) is 25.4 Å². The van der Waals surface area contributed by atoms with Crippen LogP contribution in [0.2, 0.25) is 0 Å². The normalized spacial score (nSPS) is 13.8. The number of carbonyl (C=O) groups excluding carboxylic acids is 1. The van der Waals surface area contributed by atoms with E-state index in [-0.39, 0.29) is 17.0 Å². The molecule has 0 atom stereocenters. The van der Waals surface area contributed by atoms with Gasteiger partial charge in [0.15, 0.2) is 5.65 Å². The fourth-order valence-corrected chi connectivity index (χ4v) is 4.44. The lowest BCUT2D eigenvalue weighted by atomic mass is 9.91. The molecule has 1 aliphatic carbocycles. The topological polar surface area (TPSA) is 120 Å². The van der Waals surface area contributed by atoms with Crippen LogP contribution in [-0.2, 0) is 0 Å². The highest BCUT2D eigenvalue weighted by molar-refractivity contribution is 7.13. The number of hydrogen-bond acceptors (Lipinski definition) is 6. The number of primary amides is 1. The van der Waals surface area contributed by atoms with Crippen LogP contribution < -0.4 is 11.5 Å². The third-order valence-electron chi connectivity index (χ3n) is 5.44. The number of phenolic OH excluding ortho intramolecular Hbond substituents is 1. The molecule has 8 heteroatoms. The molecule has 0 radical (unpaired) electrons. The number of carbonyl (C=O) groups is 1. The fraction of sp³-hybridized carbons (Fsp3) is 0.190. The van der Waals surface area contributed by atoms with E-state index in [1.807, 2.05) is 30.8 Å². The molecule has 1 fully saturated rings. The summed E-state index contributed by atoms with van der Waals surface area (Å²) in [6.07, 6.45) is 7.58. The minimum Gasteiger partial charge on any atom is -0.508 e. The number of phenols is 1. The molecule has 0 unspecified atom stereocenters. The van der Waals surface area contributed by atoms with Crippen LogP contribution >= 0.6 is 11.3 Å². The highest BCUT2D eigenvalue weighted by atomic mass is 32.1. The number of anilines is 1. The smallest absolute Gasteiger partial charge is 0.254 e. The van der Waals surface area contributed by atoms with E-state index in [1.165, 1.54) is 11.3 Å². The lowest BCUT2D eigenvalue weighted by Crippen LogP contribution is -2.16. The van der Waals surface area contributed by atoms with Crippen molar-refractivity contribution in [2.75, 3.05) is 5.73 Å². The number of fused-ring (bicyclic) bond motifs is 1. The maximum Gasteiger partial charge on any atom is 0.254 e. The molecule has 1 aliphatic rings. The number of nitrogens with zero attached hydrogens (tertiary/aromatic N) is 3. The van der Waals surface area contributed by atoms with Crippen molar-refractivity contribution in [3.8, 4) is 27.6 Å². The van der Waals surface area contributed by atoms with Crippen LogP contribution in [0, 0.1) is 6.92 Å². The molecule has 5 rings (SSSR count). The zero-order chi connectivity index (χ0) is 20.3. The summed E-state index contributed by atoms with van der Waals surface area (Å²) >= 11 is 1.46. The van der Waals surface area contributed by atoms with Crippen molar-refractivity contribution >= 4 is 28.6 Å². The van der Waals surface area contributed by atoms with E-state index in [0.29, 0.717) is 22.8 Å². The Balaban J connectivity index is 1.83. The van der Waals surface area contributed by atoms with E-state index < -0.39 is 5.91 Å². The van der Waals surface area contributed by atoms with Crippen LogP contribution in [0.3, 0.4) is 0 Å². The second kappa shape index (κ2) is 6.31. The quantitative estimate of drug-likeness (QED) is 0.478. The van der Waals surface area contributed by atoms with Gasteiger partial charge in [-0.3, -0.25) is 4.79 Å². The number of imidazole rings is 1. The van der Waals surface area contributed by atoms with Crippen molar-refractivity contribution in [2.24, 2.45) is 5.73 Å². The number of benzene rings is 1. The highest BCUT2D eigenvalue weighted by Crippen LogP contribution is 2.48. The number of amides is 1. The summed E-state index contributed by atoms with van der Waals surface area (Å²) < 4.78 is 1.77. The van der Waals surface area contributed by atoms with Gasteiger partial charge in [-0.15, -0.1) is 11.3 Å². The highest BCUT2D eigenvalue weighted by Gasteiger charge is 2.30. The molecule has 4 aromatic rings. The molecule has 146 valence electrons. The molecule has 0 aliphatic heterocycles. The van der Waals surface area contributed by atoms with Gasteiger partial charge in [-0.2, -0.15) is 0 Å². The predicted octanol–water partition coefficient (Wildman–Crippen LogP) is 3.70. The van der Waals surface area contributed by atoms with Gasteiger partial charge in [-0.25, -0.2) is 9.97 Å². The number of nitrogen functional groups attached to an aromatic ring is 1. The average Bonchev–Trinajstić information content (AvgIpc) is 3.21. The van der Waals surface area contributed by atoms with Gasteiger partial charge in [0, 0.05) is 29.5 Å². The average molecular weight is 405 g/mol. The SMILES string of the molecule is Cc1c(O)ccc(C2CC2)c1-c1cn2cc(-c3nccs3)nc2c(C(N)=O)c1N. The molecule has 5 N–H and O–H groups in total. The molecule has 0 spiro atoms. The van der Waals surface area contributed by atoms with Crippen molar-refractivity contribution in [1.82, 2.24) is 14.4 Å². The number of hydrogen-bond donors (Lipinski definition) is 3. The molecule has 1 saturated carbocycles. The van der Waals surface area contributed by atoms with Crippen LogP contribution in [0.25, 0.3) is 27.5 Å². The zero-order valence-corrected chi connectivity index (χ0v) is 16.5. The molecule has 0 bridgehead atoms. The van der Waals surface area contributed by atoms with Gasteiger partial charge in [-0.05, 0) is 48.4 Å². The first-order chi connectivity index (χ1) is 14.0. The summed E-state index contributed by atoms with van der Waals surface area (Å²) in [5.41, 5.74) is 17.1. The number of pyridine rings is 1. The minimum atomic E-state index is -0.642. The summed E-state index contributed by atoms with van der Waals surface area (Å²) in [6, 6.07) is 3.66. The van der Waals surface area contributed by atoms with Crippen LogP contribution in [0.5, 0.6) is 5.75 Å². The van der Waals surface area contributed by atoms with Crippen molar-refractivity contribution < 1.29 is 9.90 Å². The molecule has 1 amide bonds. The van der Waals surface area contributed by atoms with Gasteiger partial charge in [0.2, 0.25) is 0 Å². The monoisotopic (exact) mass is 405 g/mol. The van der Waals surface area contributed by atoms with Crippen molar-refractivity contribution in [3.05, 3.63) is 52.8 Å². The maximum absolute atomic E-state index is 12.3. The van der Waals surface area contributed by atoms with Gasteiger partial charge >= 0.3 is 0 Å². The first-order valence-electron chi connectivity index (χ1n) is 9.29. The largest absolute Gasteiger partial charge is 0.508 e. The van der Waals surface area contributed by atoms with Gasteiger partial charge in [0.1, 0.15) is 22.0 Å². The Labute approximate surface area is 170 Å². The van der Waals surface area contributed by atoms with E-state index in [9.17, 15) is 9.90 Å². The second-order valence-corrected chi connectivity index (χ2v) is 8.23. The van der Waals surface area contributed by atoms with Crippen molar-refractivity contribution in [1.29, 1.82) is 0 Å². The Morgan fingerprint density at radius 3 is 2.76 bits per heavy atom. The first kappa shape index (κ1) is 17.7. The van der Waals surface area contributed by atoms with Gasteiger partial charge < -0.3 is 21.0 Å². The van der Waals surface area contributed by atoms with Crippen molar-refractivity contribution in [3.63, 3.8) is 0 Å². The van der Waals surface area contributed by atoms with E-state index in [4.69, 9.17) is 11.5 Å². The summed E-state index contributed by atoms with van der Waals surface area (Å²) in [5, 5.41) is 13.0. The first-order valence-corrected chi connectivity index (χ1v) is 10.2. The number of aromatic nitrogens is 3. The molecule has 1 aromatic carbocycles. The Kier molecular flexibility index (Phi) is 3.85. The Hall–Kier alpha value is -3.39. The molecular weight excluding hydrogens is 386 g/mol. The molecular formula is C21H19N5O2S. The van der Waals surface area contributed by atoms with Crippen molar-refractivity contribution in [2.45, 2.75) is 25.7 Å². The molecule has 7 nitrogen and oxygen atoms in total. The van der Waals surface area contributed by atoms with Crippen LogP contribution in [0.1, 0.15) is 40.2 Å². The predicted molar refractivity (Wildman–Crippen MR) is 113 cm³/mol. The van der Waals surface area contributed by atoms with E-state index in [0.717, 1.165) is 34.5 Å². The Morgan fingerprint density at radius 1 is 1.31 bits per heavy atom. The summed E-state index contributed by atoms with van der Waals surface area (Å²) in [7, 11) is 0. The third-order valence-corrected chi connectivity index (χ3v) is 6.23. The minimum absolute atomic E-state index is 0.176. The Bertz CT molecular complexity index is 1270. The summed E-state index contributed by atoms with van der Waals surface area (Å²) in [5.74, 6) is -0.0138. The maximum atomic E-state index is 12.3. The lowest BCUT2D eigenvalue weighted by molar-refractivity contribution is 0.100. The van der Waals surface area contributed by atoms with E-state index in [1.54, 1.807) is 16.7 Å². The second-order valence-electron chi connectivity index (χ2n) is 7.34. The van der Waals surface area contributed by atoms with Gasteiger partial charge in [0.25, 0.3) is 5.91 Å². The number of rotatable bonds is 4. The lowest BCUT2D eigenvalue weighted by Gasteiger charge is -2.18. The summed E-state index contributed by atoms with van der Waals surface area (Å²) in [6.45, 7) is 1.86. The number of nitrogens with two attached hydrogens (primary N) is 2. The fourth-order valence-electron chi connectivity index (χ4n) is 3.85.